The highest BCUT2D eigenvalue weighted by Crippen LogP contribution is 2.26. The summed E-state index contributed by atoms with van der Waals surface area (Å²) < 4.78 is 0. The van der Waals surface area contributed by atoms with Crippen LogP contribution in [0, 0.1) is 19.3 Å². The van der Waals surface area contributed by atoms with Crippen LogP contribution >= 0.6 is 11.3 Å². The van der Waals surface area contributed by atoms with Gasteiger partial charge in [0.15, 0.2) is 0 Å². The highest BCUT2D eigenvalue weighted by atomic mass is 32.1. The predicted molar refractivity (Wildman–Crippen MR) is 84.8 cm³/mol. The van der Waals surface area contributed by atoms with Gasteiger partial charge in [0.05, 0.1) is 6.04 Å². The third-order valence-corrected chi connectivity index (χ3v) is 4.26. The van der Waals surface area contributed by atoms with Crippen molar-refractivity contribution in [3.05, 3.63) is 21.4 Å². The fourth-order valence-corrected chi connectivity index (χ4v) is 3.20. The molecule has 5 nitrogen and oxygen atoms in total. The van der Waals surface area contributed by atoms with Crippen LogP contribution in [0.2, 0.25) is 0 Å². The first-order valence-corrected chi connectivity index (χ1v) is 7.70. The Morgan fingerprint density at radius 3 is 2.19 bits per heavy atom. The van der Waals surface area contributed by atoms with Gasteiger partial charge in [-0.15, -0.1) is 11.3 Å². The molecule has 1 unspecified atom stereocenters. The molecule has 1 aromatic rings. The van der Waals surface area contributed by atoms with Crippen molar-refractivity contribution in [2.75, 3.05) is 0 Å². The van der Waals surface area contributed by atoms with Crippen molar-refractivity contribution in [1.29, 1.82) is 0 Å². The van der Waals surface area contributed by atoms with E-state index >= 15 is 0 Å². The summed E-state index contributed by atoms with van der Waals surface area (Å²) in [6, 6.07) is 0.482. The second kappa shape index (κ2) is 6.47. The maximum absolute atomic E-state index is 12.0. The maximum atomic E-state index is 12.0. The highest BCUT2D eigenvalue weighted by molar-refractivity contribution is 7.12. The first kappa shape index (κ1) is 17.5. The Kier molecular flexibility index (Phi) is 5.39. The molecular weight excluding hydrogens is 288 g/mol. The van der Waals surface area contributed by atoms with Crippen molar-refractivity contribution in [3.63, 3.8) is 0 Å². The second-order valence-electron chi connectivity index (χ2n) is 6.35. The highest BCUT2D eigenvalue weighted by Gasteiger charge is 2.32. The topological polar surface area (TPSA) is 78.4 Å². The molecule has 0 radical (unpaired) electrons. The number of carbonyl (C=O) groups is 2. The predicted octanol–water partition coefficient (Wildman–Crippen LogP) is 3.22. The fraction of sp³-hybridized carbons (Fsp3) is 0.600. The quantitative estimate of drug-likeness (QED) is 0.798. The van der Waals surface area contributed by atoms with E-state index in [9.17, 15) is 14.7 Å². The SMILES string of the molecule is Cc1cc(C(C)NC(=O)N[C@@H](C(=O)O)C(C)(C)C)c(C)s1. The normalized spacial score (nSPS) is 14.4. The lowest BCUT2D eigenvalue weighted by atomic mass is 9.87. The number of nitrogens with one attached hydrogen (secondary N) is 2. The zero-order valence-electron chi connectivity index (χ0n) is 13.4. The molecule has 1 heterocycles. The van der Waals surface area contributed by atoms with E-state index in [4.69, 9.17) is 0 Å². The van der Waals surface area contributed by atoms with E-state index in [-0.39, 0.29) is 6.04 Å². The monoisotopic (exact) mass is 312 g/mol. The van der Waals surface area contributed by atoms with Gasteiger partial charge >= 0.3 is 12.0 Å². The van der Waals surface area contributed by atoms with Gasteiger partial charge in [0.25, 0.3) is 0 Å². The molecule has 0 aliphatic carbocycles. The molecule has 2 amide bonds. The minimum absolute atomic E-state index is 0.163. The van der Waals surface area contributed by atoms with E-state index in [2.05, 4.69) is 10.6 Å². The molecule has 1 aromatic heterocycles. The molecular formula is C15H24N2O3S. The average molecular weight is 312 g/mol. The van der Waals surface area contributed by atoms with Crippen LogP contribution in [0.1, 0.15) is 49.1 Å². The molecule has 0 aromatic carbocycles. The molecule has 2 atom stereocenters. The zero-order valence-corrected chi connectivity index (χ0v) is 14.2. The summed E-state index contributed by atoms with van der Waals surface area (Å²) in [5.74, 6) is -1.03. The summed E-state index contributed by atoms with van der Waals surface area (Å²) in [5, 5.41) is 14.6. The van der Waals surface area contributed by atoms with Crippen LogP contribution < -0.4 is 10.6 Å². The molecule has 0 saturated carbocycles. The van der Waals surface area contributed by atoms with Crippen LogP contribution in [0.4, 0.5) is 4.79 Å². The van der Waals surface area contributed by atoms with Crippen molar-refractivity contribution in [2.24, 2.45) is 5.41 Å². The first-order valence-electron chi connectivity index (χ1n) is 6.89. The number of rotatable bonds is 4. The molecule has 3 N–H and O–H groups in total. The van der Waals surface area contributed by atoms with Crippen LogP contribution in [0.3, 0.4) is 0 Å². The molecule has 0 aliphatic rings. The number of aliphatic carboxylic acids is 1. The van der Waals surface area contributed by atoms with Gasteiger partial charge < -0.3 is 15.7 Å². The number of thiophene rings is 1. The molecule has 0 spiro atoms. The summed E-state index contributed by atoms with van der Waals surface area (Å²) in [4.78, 5) is 25.6. The Morgan fingerprint density at radius 2 is 1.81 bits per heavy atom. The number of carboxylic acids is 1. The number of urea groups is 1. The molecule has 0 fully saturated rings. The Bertz CT molecular complexity index is 532. The summed E-state index contributed by atoms with van der Waals surface area (Å²) in [6.07, 6.45) is 0. The van der Waals surface area contributed by atoms with Crippen LogP contribution in [0.25, 0.3) is 0 Å². The third-order valence-electron chi connectivity index (χ3n) is 3.28. The molecule has 6 heteroatoms. The number of hydrogen-bond donors (Lipinski definition) is 3. The minimum Gasteiger partial charge on any atom is -0.480 e. The van der Waals surface area contributed by atoms with Gasteiger partial charge in [-0.05, 0) is 37.8 Å². The number of aryl methyl sites for hydroxylation is 2. The van der Waals surface area contributed by atoms with Crippen molar-refractivity contribution < 1.29 is 14.7 Å². The minimum atomic E-state index is -1.03. The number of amides is 2. The van der Waals surface area contributed by atoms with E-state index in [0.29, 0.717) is 0 Å². The zero-order chi connectivity index (χ0) is 16.4. The summed E-state index contributed by atoms with van der Waals surface area (Å²) in [7, 11) is 0. The number of hydrogen-bond acceptors (Lipinski definition) is 3. The molecule has 0 bridgehead atoms. The van der Waals surface area contributed by atoms with Gasteiger partial charge in [-0.2, -0.15) is 0 Å². The molecule has 0 aliphatic heterocycles. The standard InChI is InChI=1S/C15H24N2O3S/c1-8-7-11(10(3)21-8)9(2)16-14(20)17-12(13(18)19)15(4,5)6/h7,9,12H,1-6H3,(H,18,19)(H2,16,17,20)/t9?,12-/m0/s1. The van der Waals surface area contributed by atoms with E-state index in [0.717, 1.165) is 10.4 Å². The van der Waals surface area contributed by atoms with Crippen LogP contribution in [0.15, 0.2) is 6.07 Å². The van der Waals surface area contributed by atoms with Crippen molar-refractivity contribution in [3.8, 4) is 0 Å². The van der Waals surface area contributed by atoms with Crippen LogP contribution in [0.5, 0.6) is 0 Å². The van der Waals surface area contributed by atoms with Crippen LogP contribution in [-0.2, 0) is 4.79 Å². The summed E-state index contributed by atoms with van der Waals surface area (Å²) >= 11 is 1.68. The van der Waals surface area contributed by atoms with E-state index < -0.39 is 23.5 Å². The van der Waals surface area contributed by atoms with Gasteiger partial charge in [-0.3, -0.25) is 0 Å². The Balaban J connectivity index is 2.73. The number of carbonyl (C=O) groups excluding carboxylic acids is 1. The van der Waals surface area contributed by atoms with E-state index in [1.807, 2.05) is 26.8 Å². The Morgan fingerprint density at radius 1 is 1.24 bits per heavy atom. The van der Waals surface area contributed by atoms with E-state index in [1.54, 1.807) is 32.1 Å². The smallest absolute Gasteiger partial charge is 0.326 e. The fourth-order valence-electron chi connectivity index (χ4n) is 2.18. The maximum Gasteiger partial charge on any atom is 0.326 e. The average Bonchev–Trinajstić information content (AvgIpc) is 2.63. The van der Waals surface area contributed by atoms with Crippen molar-refractivity contribution in [2.45, 2.75) is 53.6 Å². The lowest BCUT2D eigenvalue weighted by molar-refractivity contribution is -0.141. The van der Waals surface area contributed by atoms with Gasteiger partial charge in [0.1, 0.15) is 6.04 Å². The first-order chi connectivity index (χ1) is 9.52. The Labute approximate surface area is 129 Å². The van der Waals surface area contributed by atoms with Crippen molar-refractivity contribution >= 4 is 23.3 Å². The van der Waals surface area contributed by atoms with Crippen LogP contribution in [-0.4, -0.2) is 23.1 Å². The second-order valence-corrected chi connectivity index (χ2v) is 7.81. The lowest BCUT2D eigenvalue weighted by Crippen LogP contribution is -2.52. The van der Waals surface area contributed by atoms with Crippen molar-refractivity contribution in [1.82, 2.24) is 10.6 Å². The lowest BCUT2D eigenvalue weighted by Gasteiger charge is -2.28. The largest absolute Gasteiger partial charge is 0.480 e. The molecule has 118 valence electrons. The van der Waals surface area contributed by atoms with Gasteiger partial charge in [-0.25, -0.2) is 9.59 Å². The van der Waals surface area contributed by atoms with Gasteiger partial charge in [0, 0.05) is 9.75 Å². The summed E-state index contributed by atoms with van der Waals surface area (Å²) in [5.41, 5.74) is 0.511. The van der Waals surface area contributed by atoms with E-state index in [1.165, 1.54) is 4.88 Å². The Hall–Kier alpha value is -1.56. The third kappa shape index (κ3) is 4.74. The molecule has 1 rings (SSSR count). The summed E-state index contributed by atoms with van der Waals surface area (Å²) in [6.45, 7) is 11.3. The van der Waals surface area contributed by atoms with Gasteiger partial charge in [0.2, 0.25) is 0 Å². The molecule has 0 saturated heterocycles. The van der Waals surface area contributed by atoms with Gasteiger partial charge in [-0.1, -0.05) is 20.8 Å². The molecule has 21 heavy (non-hydrogen) atoms. The number of carboxylic acid groups (broad SMARTS) is 1.